The molecule has 1 aliphatic heterocycles. The molecule has 2 aromatic heterocycles. The number of nitrogens with one attached hydrogen (secondary N) is 3. The van der Waals surface area contributed by atoms with Gasteiger partial charge in [0.25, 0.3) is 5.91 Å². The first kappa shape index (κ1) is 23.5. The molecule has 1 amide bonds. The lowest BCUT2D eigenvalue weighted by atomic mass is 9.89. The summed E-state index contributed by atoms with van der Waals surface area (Å²) in [7, 11) is 0. The van der Waals surface area contributed by atoms with Crippen molar-refractivity contribution in [3.05, 3.63) is 64.9 Å². The van der Waals surface area contributed by atoms with Crippen LogP contribution in [0, 0.1) is 13.8 Å². The second-order valence-electron chi connectivity index (χ2n) is 8.92. The highest BCUT2D eigenvalue weighted by molar-refractivity contribution is 5.91. The molecule has 0 radical (unpaired) electrons. The van der Waals surface area contributed by atoms with E-state index in [-0.39, 0.29) is 11.7 Å². The summed E-state index contributed by atoms with van der Waals surface area (Å²) in [6, 6.07) is 8.40. The number of hydrogen-bond donors (Lipinski definition) is 3. The fourth-order valence-electron chi connectivity index (χ4n) is 4.47. The van der Waals surface area contributed by atoms with E-state index in [4.69, 9.17) is 0 Å². The van der Waals surface area contributed by atoms with Gasteiger partial charge in [-0.05, 0) is 57.6 Å². The summed E-state index contributed by atoms with van der Waals surface area (Å²) >= 11 is 0. The number of aryl methyl sites for hydroxylation is 1. The van der Waals surface area contributed by atoms with Crippen LogP contribution < -0.4 is 10.7 Å². The third-order valence-electron chi connectivity index (χ3n) is 6.64. The van der Waals surface area contributed by atoms with Crippen LogP contribution in [-0.2, 0) is 0 Å². The van der Waals surface area contributed by atoms with Gasteiger partial charge in [-0.25, -0.2) is 9.97 Å². The number of likely N-dealkylation sites (tertiary alicyclic amines) is 1. The van der Waals surface area contributed by atoms with Gasteiger partial charge in [-0.15, -0.1) is 0 Å². The van der Waals surface area contributed by atoms with Crippen LogP contribution >= 0.6 is 0 Å². The number of benzene rings is 1. The van der Waals surface area contributed by atoms with Gasteiger partial charge in [0.2, 0.25) is 5.82 Å². The Labute approximate surface area is 200 Å². The molecule has 34 heavy (non-hydrogen) atoms. The number of nitrogens with zero attached hydrogens (tertiary/aromatic N) is 4. The molecule has 1 saturated heterocycles. The molecule has 1 aromatic carbocycles. The van der Waals surface area contributed by atoms with Crippen molar-refractivity contribution in [3.8, 4) is 0 Å². The average molecular weight is 460 g/mol. The molecule has 0 spiro atoms. The van der Waals surface area contributed by atoms with Crippen molar-refractivity contribution in [1.29, 1.82) is 0 Å². The number of fused-ring (bicyclic) bond motifs is 1. The van der Waals surface area contributed by atoms with Crippen LogP contribution in [0.5, 0.6) is 0 Å². The van der Waals surface area contributed by atoms with E-state index in [9.17, 15) is 4.79 Å². The summed E-state index contributed by atoms with van der Waals surface area (Å²) in [5, 5.41) is 8.26. The first-order valence-electron chi connectivity index (χ1n) is 11.8. The number of hydrogen-bond acceptors (Lipinski definition) is 6. The van der Waals surface area contributed by atoms with E-state index in [2.05, 4.69) is 61.9 Å². The Morgan fingerprint density at radius 2 is 2.03 bits per heavy atom. The minimum absolute atomic E-state index is 0.0964. The number of carbonyl (C=O) groups is 1. The van der Waals surface area contributed by atoms with Gasteiger partial charge in [-0.1, -0.05) is 23.8 Å². The van der Waals surface area contributed by atoms with Gasteiger partial charge in [-0.2, -0.15) is 5.10 Å². The number of amides is 1. The van der Waals surface area contributed by atoms with Gasteiger partial charge in [-0.3, -0.25) is 10.2 Å². The Balaban J connectivity index is 1.40. The van der Waals surface area contributed by atoms with E-state index in [0.717, 1.165) is 36.1 Å². The van der Waals surface area contributed by atoms with E-state index in [0.29, 0.717) is 31.4 Å². The van der Waals surface area contributed by atoms with Crippen molar-refractivity contribution >= 4 is 29.3 Å². The van der Waals surface area contributed by atoms with Crippen LogP contribution in [0.3, 0.4) is 0 Å². The number of hydrazone groups is 1. The SMILES string of the molecule is C=NN/C=C(\C)CCNc1nc(C(=O)N2CCC(c3c[nH]c4ccccc34)CC2)nc(C)c1C. The second kappa shape index (κ2) is 10.5. The molecule has 0 aliphatic carbocycles. The summed E-state index contributed by atoms with van der Waals surface area (Å²) < 4.78 is 0. The molecule has 0 saturated carbocycles. The van der Waals surface area contributed by atoms with Gasteiger partial charge in [0.05, 0.1) is 0 Å². The normalized spacial score (nSPS) is 14.9. The van der Waals surface area contributed by atoms with Crippen LogP contribution in [0.2, 0.25) is 0 Å². The van der Waals surface area contributed by atoms with E-state index >= 15 is 0 Å². The highest BCUT2D eigenvalue weighted by atomic mass is 16.2. The van der Waals surface area contributed by atoms with Gasteiger partial charge >= 0.3 is 0 Å². The van der Waals surface area contributed by atoms with E-state index in [1.807, 2.05) is 37.9 Å². The minimum atomic E-state index is -0.0964. The summed E-state index contributed by atoms with van der Waals surface area (Å²) in [5.74, 6) is 1.33. The van der Waals surface area contributed by atoms with Crippen molar-refractivity contribution in [2.75, 3.05) is 25.0 Å². The molecule has 3 heterocycles. The molecule has 0 atom stereocenters. The topological polar surface area (TPSA) is 98.3 Å². The number of H-pyrrole nitrogens is 1. The minimum Gasteiger partial charge on any atom is -0.369 e. The number of piperidine rings is 1. The van der Waals surface area contributed by atoms with Gasteiger partial charge in [0.1, 0.15) is 5.82 Å². The lowest BCUT2D eigenvalue weighted by Gasteiger charge is -2.31. The highest BCUT2D eigenvalue weighted by Crippen LogP contribution is 2.33. The summed E-state index contributed by atoms with van der Waals surface area (Å²) in [5.41, 5.74) is 8.17. The van der Waals surface area contributed by atoms with Crippen molar-refractivity contribution in [1.82, 2.24) is 25.3 Å². The molecule has 178 valence electrons. The quantitative estimate of drug-likeness (QED) is 0.340. The highest BCUT2D eigenvalue weighted by Gasteiger charge is 2.28. The van der Waals surface area contributed by atoms with Gasteiger partial charge in [0.15, 0.2) is 0 Å². The monoisotopic (exact) mass is 459 g/mol. The molecule has 0 bridgehead atoms. The smallest absolute Gasteiger partial charge is 0.291 e. The fourth-order valence-corrected chi connectivity index (χ4v) is 4.47. The predicted molar refractivity (Wildman–Crippen MR) is 137 cm³/mol. The van der Waals surface area contributed by atoms with Crippen LogP contribution in [0.1, 0.15) is 59.5 Å². The largest absolute Gasteiger partial charge is 0.369 e. The zero-order valence-corrected chi connectivity index (χ0v) is 20.2. The van der Waals surface area contributed by atoms with Gasteiger partial charge < -0.3 is 15.2 Å². The molecule has 1 aliphatic rings. The van der Waals surface area contributed by atoms with Crippen LogP contribution in [0.25, 0.3) is 10.9 Å². The van der Waals surface area contributed by atoms with Crippen LogP contribution in [-0.4, -0.2) is 52.1 Å². The van der Waals surface area contributed by atoms with Crippen molar-refractivity contribution in [3.63, 3.8) is 0 Å². The molecule has 0 unspecified atom stereocenters. The van der Waals surface area contributed by atoms with Gasteiger partial charge in [0, 0.05) is 60.9 Å². The molecule has 8 nitrogen and oxygen atoms in total. The summed E-state index contributed by atoms with van der Waals surface area (Å²) in [6.45, 7) is 11.4. The maximum absolute atomic E-state index is 13.3. The van der Waals surface area contributed by atoms with E-state index < -0.39 is 0 Å². The number of rotatable bonds is 8. The Kier molecular flexibility index (Phi) is 7.25. The third kappa shape index (κ3) is 5.11. The first-order valence-corrected chi connectivity index (χ1v) is 11.8. The standard InChI is InChI=1S/C26H33N7O/c1-17(15-30-27-4)9-12-28-24-18(2)19(3)31-25(32-24)26(34)33-13-10-20(11-14-33)22-16-29-23-8-6-5-7-21(22)23/h5-8,15-16,20,29-30H,4,9-14H2,1-3H3,(H,28,31,32)/b17-15+. The molecule has 3 N–H and O–H groups in total. The van der Waals surface area contributed by atoms with E-state index in [1.54, 1.807) is 0 Å². The summed E-state index contributed by atoms with van der Waals surface area (Å²) in [6.07, 6.45) is 6.63. The maximum atomic E-state index is 13.3. The fraction of sp³-hybridized carbons (Fsp3) is 0.385. The first-order chi connectivity index (χ1) is 16.5. The third-order valence-corrected chi connectivity index (χ3v) is 6.64. The molecular formula is C26H33N7O. The predicted octanol–water partition coefficient (Wildman–Crippen LogP) is 4.51. The zero-order valence-electron chi connectivity index (χ0n) is 20.2. The molecule has 4 rings (SSSR count). The van der Waals surface area contributed by atoms with Crippen molar-refractivity contribution in [2.45, 2.75) is 46.0 Å². The van der Waals surface area contributed by atoms with Crippen molar-refractivity contribution < 1.29 is 4.79 Å². The summed E-state index contributed by atoms with van der Waals surface area (Å²) in [4.78, 5) is 27.6. The Morgan fingerprint density at radius 1 is 1.26 bits per heavy atom. The lowest BCUT2D eigenvalue weighted by molar-refractivity contribution is 0.0700. The lowest BCUT2D eigenvalue weighted by Crippen LogP contribution is -2.39. The number of carbonyl (C=O) groups excluding carboxylic acids is 1. The second-order valence-corrected chi connectivity index (χ2v) is 8.92. The zero-order chi connectivity index (χ0) is 24.1. The number of anilines is 1. The number of aromatic nitrogens is 3. The number of para-hydroxylation sites is 1. The molecule has 8 heteroatoms. The van der Waals surface area contributed by atoms with Crippen LogP contribution in [0.15, 0.2) is 47.3 Å². The Hall–Kier alpha value is -3.68. The van der Waals surface area contributed by atoms with Crippen LogP contribution in [0.4, 0.5) is 5.82 Å². The average Bonchev–Trinajstić information content (AvgIpc) is 3.29. The molecular weight excluding hydrogens is 426 g/mol. The molecule has 3 aromatic rings. The molecule has 1 fully saturated rings. The Morgan fingerprint density at radius 3 is 2.79 bits per heavy atom. The maximum Gasteiger partial charge on any atom is 0.291 e. The van der Waals surface area contributed by atoms with Crippen molar-refractivity contribution in [2.24, 2.45) is 5.10 Å². The number of aromatic amines is 1. The van der Waals surface area contributed by atoms with E-state index in [1.165, 1.54) is 16.5 Å². The Bertz CT molecular complexity index is 1210.